The minimum atomic E-state index is -0.860. The number of aliphatic carboxylic acids is 1. The van der Waals surface area contributed by atoms with E-state index >= 15 is 0 Å². The highest BCUT2D eigenvalue weighted by Crippen LogP contribution is 2.22. The van der Waals surface area contributed by atoms with Crippen LogP contribution in [0.3, 0.4) is 0 Å². The van der Waals surface area contributed by atoms with Gasteiger partial charge in [0.25, 0.3) is 0 Å². The molecule has 14 heavy (non-hydrogen) atoms. The zero-order chi connectivity index (χ0) is 9.97. The first-order valence-corrected chi connectivity index (χ1v) is 5.10. The van der Waals surface area contributed by atoms with Gasteiger partial charge in [0, 0.05) is 23.7 Å². The van der Waals surface area contributed by atoms with Crippen molar-refractivity contribution >= 4 is 22.8 Å². The average Bonchev–Trinajstić information content (AvgIpc) is 2.68. The van der Waals surface area contributed by atoms with E-state index in [9.17, 15) is 4.79 Å². The summed E-state index contributed by atoms with van der Waals surface area (Å²) in [6, 6.07) is 3.06. The average molecular weight is 208 g/mol. The molecule has 0 saturated heterocycles. The Labute approximate surface area is 85.1 Å². The zero-order valence-corrected chi connectivity index (χ0v) is 8.07. The third-order valence-electron chi connectivity index (χ3n) is 1.86. The number of carboxylic acids is 1. The van der Waals surface area contributed by atoms with Gasteiger partial charge in [0.05, 0.1) is 5.04 Å². The van der Waals surface area contributed by atoms with Gasteiger partial charge in [0.2, 0.25) is 0 Å². The first-order chi connectivity index (χ1) is 6.77. The molecule has 2 heterocycles. The maximum Gasteiger partial charge on any atom is 0.329 e. The van der Waals surface area contributed by atoms with E-state index in [-0.39, 0.29) is 0 Å². The molecule has 0 bridgehead atoms. The normalized spacial score (nSPS) is 20.6. The minimum absolute atomic E-state index is 0.521. The van der Waals surface area contributed by atoms with Gasteiger partial charge in [0.1, 0.15) is 0 Å². The first-order valence-electron chi connectivity index (χ1n) is 4.11. The second kappa shape index (κ2) is 3.79. The Bertz CT molecular complexity index is 378. The van der Waals surface area contributed by atoms with E-state index in [2.05, 4.69) is 9.98 Å². The fourth-order valence-electron chi connectivity index (χ4n) is 1.15. The van der Waals surface area contributed by atoms with E-state index in [0.717, 1.165) is 10.6 Å². The van der Waals surface area contributed by atoms with Gasteiger partial charge < -0.3 is 5.11 Å². The highest BCUT2D eigenvalue weighted by Gasteiger charge is 2.24. The Hall–Kier alpha value is -1.36. The molecule has 1 N–H and O–H groups in total. The Kier molecular flexibility index (Phi) is 2.49. The highest BCUT2D eigenvalue weighted by molar-refractivity contribution is 8.14. The van der Waals surface area contributed by atoms with Crippen LogP contribution in [0.2, 0.25) is 0 Å². The molecule has 0 amide bonds. The number of aliphatic imine (C=N–C) groups is 1. The number of thioether (sulfide) groups is 1. The maximum absolute atomic E-state index is 10.6. The lowest BCUT2D eigenvalue weighted by Gasteiger charge is -1.96. The van der Waals surface area contributed by atoms with Gasteiger partial charge >= 0.3 is 5.97 Å². The predicted octanol–water partition coefficient (Wildman–Crippen LogP) is 1.03. The lowest BCUT2D eigenvalue weighted by Crippen LogP contribution is -2.17. The number of rotatable bonds is 2. The summed E-state index contributed by atoms with van der Waals surface area (Å²) in [4.78, 5) is 18.6. The van der Waals surface area contributed by atoms with E-state index in [1.807, 2.05) is 12.1 Å². The monoisotopic (exact) mass is 208 g/mol. The molecule has 5 heteroatoms. The molecule has 2 rings (SSSR count). The van der Waals surface area contributed by atoms with Crippen molar-refractivity contribution in [2.75, 3.05) is 5.75 Å². The third kappa shape index (κ3) is 1.77. The number of nitrogens with zero attached hydrogens (tertiary/aromatic N) is 2. The summed E-state index contributed by atoms with van der Waals surface area (Å²) in [5.41, 5.74) is 0.939. The molecule has 0 radical (unpaired) electrons. The summed E-state index contributed by atoms with van der Waals surface area (Å²) in [5, 5.41) is 9.54. The van der Waals surface area contributed by atoms with E-state index in [0.29, 0.717) is 5.75 Å². The standard InChI is InChI=1S/C9H8N2O2S/c12-9(13)7-5-14-8(11-7)6-1-3-10-4-2-6/h1-4,7H,5H2,(H,12,13). The lowest BCUT2D eigenvalue weighted by atomic mass is 10.3. The molecular weight excluding hydrogens is 200 g/mol. The number of pyridine rings is 1. The number of carboxylic acid groups (broad SMARTS) is 1. The van der Waals surface area contributed by atoms with Gasteiger partial charge in [-0.25, -0.2) is 4.79 Å². The van der Waals surface area contributed by atoms with Gasteiger partial charge in [-0.2, -0.15) is 0 Å². The molecule has 0 fully saturated rings. The summed E-state index contributed by atoms with van der Waals surface area (Å²) in [5.74, 6) is -0.339. The van der Waals surface area contributed by atoms with Gasteiger partial charge in [0.15, 0.2) is 6.04 Å². The fraction of sp³-hybridized carbons (Fsp3) is 0.222. The van der Waals surface area contributed by atoms with Crippen molar-refractivity contribution in [2.24, 2.45) is 4.99 Å². The first kappa shape index (κ1) is 9.21. The van der Waals surface area contributed by atoms with E-state index in [4.69, 9.17) is 5.11 Å². The second-order valence-electron chi connectivity index (χ2n) is 2.84. The van der Waals surface area contributed by atoms with Crippen molar-refractivity contribution in [3.63, 3.8) is 0 Å². The summed E-state index contributed by atoms with van der Waals surface area (Å²) in [7, 11) is 0. The summed E-state index contributed by atoms with van der Waals surface area (Å²) in [6.07, 6.45) is 3.35. The van der Waals surface area contributed by atoms with Crippen molar-refractivity contribution in [1.29, 1.82) is 0 Å². The molecule has 1 atom stereocenters. The van der Waals surface area contributed by atoms with E-state index in [1.165, 1.54) is 11.8 Å². The van der Waals surface area contributed by atoms with Crippen LogP contribution in [0.15, 0.2) is 29.5 Å². The van der Waals surface area contributed by atoms with Crippen LogP contribution in [0.25, 0.3) is 0 Å². The van der Waals surface area contributed by atoms with Gasteiger partial charge in [-0.3, -0.25) is 9.98 Å². The smallest absolute Gasteiger partial charge is 0.329 e. The van der Waals surface area contributed by atoms with Crippen LogP contribution in [0, 0.1) is 0 Å². The van der Waals surface area contributed by atoms with E-state index < -0.39 is 12.0 Å². The molecule has 1 aliphatic heterocycles. The molecular formula is C9H8N2O2S. The Morgan fingerprint density at radius 3 is 2.79 bits per heavy atom. The zero-order valence-electron chi connectivity index (χ0n) is 7.25. The van der Waals surface area contributed by atoms with Gasteiger partial charge in [-0.05, 0) is 12.1 Å². The molecule has 0 spiro atoms. The largest absolute Gasteiger partial charge is 0.480 e. The van der Waals surface area contributed by atoms with Crippen molar-refractivity contribution in [3.8, 4) is 0 Å². The van der Waals surface area contributed by atoms with Crippen LogP contribution in [-0.2, 0) is 4.79 Å². The van der Waals surface area contributed by atoms with Gasteiger partial charge in [-0.1, -0.05) is 0 Å². The lowest BCUT2D eigenvalue weighted by molar-refractivity contribution is -0.137. The number of carbonyl (C=O) groups is 1. The molecule has 0 saturated carbocycles. The fourth-order valence-corrected chi connectivity index (χ4v) is 2.19. The molecule has 1 aromatic heterocycles. The van der Waals surface area contributed by atoms with Crippen LogP contribution < -0.4 is 0 Å². The SMILES string of the molecule is O=C(O)C1CSC(c2ccncc2)=N1. The number of hydrogen-bond acceptors (Lipinski definition) is 4. The Balaban J connectivity index is 2.22. The van der Waals surface area contributed by atoms with Crippen LogP contribution in [0.5, 0.6) is 0 Å². The molecule has 4 nitrogen and oxygen atoms in total. The molecule has 1 aromatic rings. The summed E-state index contributed by atoms with van der Waals surface area (Å²) < 4.78 is 0. The highest BCUT2D eigenvalue weighted by atomic mass is 32.2. The number of hydrogen-bond donors (Lipinski definition) is 1. The van der Waals surface area contributed by atoms with Crippen molar-refractivity contribution in [3.05, 3.63) is 30.1 Å². The summed E-state index contributed by atoms with van der Waals surface area (Å²) in [6.45, 7) is 0. The quantitative estimate of drug-likeness (QED) is 0.788. The van der Waals surface area contributed by atoms with E-state index in [1.54, 1.807) is 12.4 Å². The minimum Gasteiger partial charge on any atom is -0.480 e. The van der Waals surface area contributed by atoms with Crippen LogP contribution in [0.4, 0.5) is 0 Å². The molecule has 1 aliphatic rings. The molecule has 0 aliphatic carbocycles. The molecule has 1 unspecified atom stereocenters. The molecule has 0 aromatic carbocycles. The van der Waals surface area contributed by atoms with Crippen molar-refractivity contribution < 1.29 is 9.90 Å². The second-order valence-corrected chi connectivity index (χ2v) is 3.84. The topological polar surface area (TPSA) is 62.5 Å². The van der Waals surface area contributed by atoms with Crippen molar-refractivity contribution in [2.45, 2.75) is 6.04 Å². The summed E-state index contributed by atoms with van der Waals surface area (Å²) >= 11 is 1.47. The van der Waals surface area contributed by atoms with Crippen LogP contribution >= 0.6 is 11.8 Å². The Morgan fingerprint density at radius 2 is 2.21 bits per heavy atom. The maximum atomic E-state index is 10.6. The predicted molar refractivity (Wildman–Crippen MR) is 54.7 cm³/mol. The third-order valence-corrected chi connectivity index (χ3v) is 2.96. The van der Waals surface area contributed by atoms with Crippen LogP contribution in [-0.4, -0.2) is 32.9 Å². The van der Waals surface area contributed by atoms with Crippen molar-refractivity contribution in [1.82, 2.24) is 4.98 Å². The molecule has 72 valence electrons. The number of aromatic nitrogens is 1. The van der Waals surface area contributed by atoms with Crippen LogP contribution in [0.1, 0.15) is 5.56 Å². The van der Waals surface area contributed by atoms with Gasteiger partial charge in [-0.15, -0.1) is 11.8 Å². The Morgan fingerprint density at radius 1 is 1.50 bits per heavy atom.